The molecule has 2 aliphatic rings. The Labute approximate surface area is 167 Å². The molecule has 0 amide bonds. The van der Waals surface area contributed by atoms with Crippen LogP contribution < -0.4 is 5.32 Å². The molecule has 1 N–H and O–H groups in total. The fourth-order valence-electron chi connectivity index (χ4n) is 4.26. The molecule has 1 aromatic heterocycles. The predicted molar refractivity (Wildman–Crippen MR) is 110 cm³/mol. The van der Waals surface area contributed by atoms with Crippen molar-refractivity contribution in [2.24, 2.45) is 0 Å². The van der Waals surface area contributed by atoms with Gasteiger partial charge in [-0.05, 0) is 48.2 Å². The SMILES string of the molecule is O=C1CCCC2=C1[C@H](c1cccc(Cl)c1Cl)Nc1ccc3ncccc3c12. The van der Waals surface area contributed by atoms with E-state index in [2.05, 4.69) is 16.4 Å². The van der Waals surface area contributed by atoms with Crippen molar-refractivity contribution in [2.75, 3.05) is 5.32 Å². The number of carbonyl (C=O) groups excluding carboxylic acids is 1. The van der Waals surface area contributed by atoms with Gasteiger partial charge in [-0.1, -0.05) is 41.4 Å². The van der Waals surface area contributed by atoms with E-state index in [-0.39, 0.29) is 11.8 Å². The first kappa shape index (κ1) is 16.8. The number of ketones is 1. The number of hydrogen-bond donors (Lipinski definition) is 1. The summed E-state index contributed by atoms with van der Waals surface area (Å²) in [5.41, 5.74) is 5.79. The minimum atomic E-state index is -0.291. The topological polar surface area (TPSA) is 42.0 Å². The van der Waals surface area contributed by atoms with Crippen LogP contribution in [0.3, 0.4) is 0 Å². The first-order valence-corrected chi connectivity index (χ1v) is 9.75. The second-order valence-electron chi connectivity index (χ2n) is 6.95. The summed E-state index contributed by atoms with van der Waals surface area (Å²) in [5, 5.41) is 5.61. The molecule has 0 fully saturated rings. The monoisotopic (exact) mass is 394 g/mol. The number of nitrogens with zero attached hydrogens (tertiary/aromatic N) is 1. The summed E-state index contributed by atoms with van der Waals surface area (Å²) in [4.78, 5) is 17.4. The molecule has 1 aliphatic carbocycles. The number of benzene rings is 2. The zero-order valence-electron chi connectivity index (χ0n) is 14.4. The Hall–Kier alpha value is -2.36. The number of hydrogen-bond acceptors (Lipinski definition) is 3. The zero-order valence-corrected chi connectivity index (χ0v) is 15.9. The van der Waals surface area contributed by atoms with Crippen LogP contribution >= 0.6 is 23.2 Å². The van der Waals surface area contributed by atoms with Crippen molar-refractivity contribution < 1.29 is 4.79 Å². The molecular formula is C22H16Cl2N2O. The maximum atomic E-state index is 13.0. The summed E-state index contributed by atoms with van der Waals surface area (Å²) in [5.74, 6) is 0.177. The molecule has 0 radical (unpaired) electrons. The third-order valence-electron chi connectivity index (χ3n) is 5.42. The van der Waals surface area contributed by atoms with Gasteiger partial charge in [0, 0.05) is 34.8 Å². The Morgan fingerprint density at radius 3 is 2.81 bits per heavy atom. The highest BCUT2D eigenvalue weighted by molar-refractivity contribution is 6.42. The highest BCUT2D eigenvalue weighted by Crippen LogP contribution is 2.49. The average Bonchev–Trinajstić information content (AvgIpc) is 2.69. The van der Waals surface area contributed by atoms with Crippen molar-refractivity contribution >= 4 is 51.1 Å². The van der Waals surface area contributed by atoms with Gasteiger partial charge in [0.25, 0.3) is 0 Å². The summed E-state index contributed by atoms with van der Waals surface area (Å²) in [7, 11) is 0. The van der Waals surface area contributed by atoms with Crippen LogP contribution in [0.5, 0.6) is 0 Å². The Morgan fingerprint density at radius 1 is 1.04 bits per heavy atom. The van der Waals surface area contributed by atoms with Crippen LogP contribution in [0.1, 0.15) is 36.4 Å². The Morgan fingerprint density at radius 2 is 1.93 bits per heavy atom. The van der Waals surface area contributed by atoms with E-state index in [1.54, 1.807) is 12.3 Å². The van der Waals surface area contributed by atoms with Gasteiger partial charge in [-0.15, -0.1) is 0 Å². The lowest BCUT2D eigenvalue weighted by atomic mass is 9.77. The number of fused-ring (bicyclic) bond motifs is 4. The molecule has 2 aromatic carbocycles. The van der Waals surface area contributed by atoms with Crippen LogP contribution in [0.15, 0.2) is 54.2 Å². The maximum absolute atomic E-state index is 13.0. The molecule has 1 aliphatic heterocycles. The Kier molecular flexibility index (Phi) is 3.96. The Bertz CT molecular complexity index is 1140. The number of nitrogens with one attached hydrogen (secondary N) is 1. The fraction of sp³-hybridized carbons (Fsp3) is 0.182. The molecule has 3 aromatic rings. The van der Waals surface area contributed by atoms with Gasteiger partial charge in [-0.2, -0.15) is 0 Å². The molecule has 134 valence electrons. The number of allylic oxidation sites excluding steroid dienone is 1. The minimum absolute atomic E-state index is 0.177. The van der Waals surface area contributed by atoms with Crippen molar-refractivity contribution in [2.45, 2.75) is 25.3 Å². The first-order chi connectivity index (χ1) is 13.1. The summed E-state index contributed by atoms with van der Waals surface area (Å²) in [6.45, 7) is 0. The molecule has 0 bridgehead atoms. The average molecular weight is 395 g/mol. The van der Waals surface area contributed by atoms with Gasteiger partial charge in [0.2, 0.25) is 0 Å². The number of pyridine rings is 1. The third-order valence-corrected chi connectivity index (χ3v) is 6.26. The normalized spacial score (nSPS) is 18.9. The van der Waals surface area contributed by atoms with Crippen LogP contribution in [0, 0.1) is 0 Å². The summed E-state index contributed by atoms with van der Waals surface area (Å²) in [6.07, 6.45) is 4.09. The van der Waals surface area contributed by atoms with Crippen molar-refractivity contribution in [3.63, 3.8) is 0 Å². The smallest absolute Gasteiger partial charge is 0.161 e. The van der Waals surface area contributed by atoms with Gasteiger partial charge < -0.3 is 5.32 Å². The minimum Gasteiger partial charge on any atom is -0.373 e. The molecule has 0 saturated heterocycles. The highest BCUT2D eigenvalue weighted by Gasteiger charge is 2.36. The van der Waals surface area contributed by atoms with E-state index in [4.69, 9.17) is 23.2 Å². The summed E-state index contributed by atoms with van der Waals surface area (Å²) < 4.78 is 0. The van der Waals surface area contributed by atoms with E-state index < -0.39 is 0 Å². The molecule has 1 atom stereocenters. The largest absolute Gasteiger partial charge is 0.373 e. The molecule has 27 heavy (non-hydrogen) atoms. The molecule has 5 heteroatoms. The van der Waals surface area contributed by atoms with E-state index in [9.17, 15) is 4.79 Å². The lowest BCUT2D eigenvalue weighted by Gasteiger charge is -2.35. The maximum Gasteiger partial charge on any atom is 0.161 e. The van der Waals surface area contributed by atoms with E-state index in [1.807, 2.05) is 30.3 Å². The van der Waals surface area contributed by atoms with Crippen LogP contribution in [0.25, 0.3) is 16.5 Å². The molecular weight excluding hydrogens is 379 g/mol. The van der Waals surface area contributed by atoms with Crippen LogP contribution in [0.2, 0.25) is 10.0 Å². The van der Waals surface area contributed by atoms with Gasteiger partial charge in [0.15, 0.2) is 5.78 Å². The second kappa shape index (κ2) is 6.36. The number of aromatic nitrogens is 1. The molecule has 0 spiro atoms. The van der Waals surface area contributed by atoms with Gasteiger partial charge in [-0.3, -0.25) is 9.78 Å². The standard InChI is InChI=1S/C22H16Cl2N2O/c23-15-7-1-5-14(21(15)24)22-20-13(4-2-8-18(20)27)19-12-6-3-11-25-16(12)9-10-17(19)26-22/h1,3,5-7,9-11,22,26H,2,4,8H2/t22-/m0/s1. The molecule has 0 saturated carbocycles. The van der Waals surface area contributed by atoms with E-state index in [1.165, 1.54) is 0 Å². The quantitative estimate of drug-likeness (QED) is 0.532. The number of Topliss-reactive ketones (excluding diaryl/α,β-unsaturated/α-hetero) is 1. The van der Waals surface area contributed by atoms with Gasteiger partial charge in [-0.25, -0.2) is 0 Å². The van der Waals surface area contributed by atoms with Crippen LogP contribution in [-0.2, 0) is 4.79 Å². The number of carbonyl (C=O) groups is 1. The number of rotatable bonds is 1. The van der Waals surface area contributed by atoms with Crippen molar-refractivity contribution in [3.05, 3.63) is 75.4 Å². The van der Waals surface area contributed by atoms with Gasteiger partial charge in [0.05, 0.1) is 21.6 Å². The van der Waals surface area contributed by atoms with Crippen molar-refractivity contribution in [1.29, 1.82) is 0 Å². The third kappa shape index (κ3) is 2.57. The van der Waals surface area contributed by atoms with Crippen molar-refractivity contribution in [3.8, 4) is 0 Å². The fourth-order valence-corrected chi connectivity index (χ4v) is 4.68. The summed E-state index contributed by atoms with van der Waals surface area (Å²) >= 11 is 12.8. The zero-order chi connectivity index (χ0) is 18.5. The molecule has 3 nitrogen and oxygen atoms in total. The van der Waals surface area contributed by atoms with E-state index in [0.717, 1.165) is 51.7 Å². The lowest BCUT2D eigenvalue weighted by Crippen LogP contribution is -2.27. The lowest BCUT2D eigenvalue weighted by molar-refractivity contribution is -0.116. The second-order valence-corrected chi connectivity index (χ2v) is 7.73. The highest BCUT2D eigenvalue weighted by atomic mass is 35.5. The number of halogens is 2. The predicted octanol–water partition coefficient (Wildman–Crippen LogP) is 6.22. The van der Waals surface area contributed by atoms with Gasteiger partial charge in [0.1, 0.15) is 0 Å². The number of anilines is 1. The Balaban J connectivity index is 1.81. The van der Waals surface area contributed by atoms with Crippen LogP contribution in [-0.4, -0.2) is 10.8 Å². The van der Waals surface area contributed by atoms with Gasteiger partial charge >= 0.3 is 0 Å². The van der Waals surface area contributed by atoms with Crippen molar-refractivity contribution in [1.82, 2.24) is 4.98 Å². The molecule has 0 unspecified atom stereocenters. The summed E-state index contributed by atoms with van der Waals surface area (Å²) in [6, 6.07) is 13.3. The van der Waals surface area contributed by atoms with Crippen LogP contribution in [0.4, 0.5) is 5.69 Å². The molecule has 2 heterocycles. The van der Waals surface area contributed by atoms with E-state index in [0.29, 0.717) is 16.5 Å². The van der Waals surface area contributed by atoms with E-state index >= 15 is 0 Å². The molecule has 5 rings (SSSR count). The first-order valence-electron chi connectivity index (χ1n) is 9.00.